The Labute approximate surface area is 126 Å². The zero-order valence-electron chi connectivity index (χ0n) is 12.8. The van der Waals surface area contributed by atoms with E-state index in [1.54, 1.807) is 7.11 Å². The second-order valence-electron chi connectivity index (χ2n) is 4.58. The van der Waals surface area contributed by atoms with Crippen LogP contribution in [0.4, 0.5) is 0 Å². The first-order valence-corrected chi connectivity index (χ1v) is 8.33. The molecule has 120 valence electrons. The summed E-state index contributed by atoms with van der Waals surface area (Å²) in [6.07, 6.45) is 4.25. The van der Waals surface area contributed by atoms with Gasteiger partial charge < -0.3 is 18.7 Å². The highest BCUT2D eigenvalue weighted by atomic mass is 31.1. The first-order valence-electron chi connectivity index (χ1n) is 6.81. The fourth-order valence-electron chi connectivity index (χ4n) is 2.26. The Morgan fingerprint density at radius 2 is 2.00 bits per heavy atom. The van der Waals surface area contributed by atoms with Crippen molar-refractivity contribution in [2.75, 3.05) is 40.7 Å². The lowest BCUT2D eigenvalue weighted by molar-refractivity contribution is -0.136. The molecule has 0 bridgehead atoms. The lowest BCUT2D eigenvalue weighted by Crippen LogP contribution is -2.08. The Morgan fingerprint density at radius 1 is 1.24 bits per heavy atom. The molecule has 0 N–H and O–H groups in total. The third kappa shape index (κ3) is 5.65. The van der Waals surface area contributed by atoms with Gasteiger partial charge in [0.25, 0.3) is 0 Å². The summed E-state index contributed by atoms with van der Waals surface area (Å²) in [5.41, 5.74) is 2.27. The van der Waals surface area contributed by atoms with Gasteiger partial charge in [0.05, 0.1) is 39.3 Å². The minimum atomic E-state index is -2.17. The molecule has 1 rings (SSSR count). The van der Waals surface area contributed by atoms with Gasteiger partial charge in [-0.3, -0.25) is 4.57 Å². The molecule has 0 radical (unpaired) electrons. The summed E-state index contributed by atoms with van der Waals surface area (Å²) >= 11 is 0. The highest BCUT2D eigenvalue weighted by Gasteiger charge is 2.24. The van der Waals surface area contributed by atoms with Crippen molar-refractivity contribution >= 4 is 14.0 Å². The van der Waals surface area contributed by atoms with Crippen LogP contribution in [0.3, 0.4) is 0 Å². The summed E-state index contributed by atoms with van der Waals surface area (Å²) in [5, 5.41) is 0. The summed E-state index contributed by atoms with van der Waals surface area (Å²) in [6, 6.07) is 0. The van der Waals surface area contributed by atoms with Gasteiger partial charge in [-0.15, -0.1) is 0 Å². The maximum atomic E-state index is 11.9. The van der Waals surface area contributed by atoms with E-state index in [1.165, 1.54) is 20.5 Å². The van der Waals surface area contributed by atoms with Gasteiger partial charge in [0.1, 0.15) is 0 Å². The molecule has 1 aliphatic rings. The Hall–Kier alpha value is -1.10. The van der Waals surface area contributed by atoms with Crippen LogP contribution in [0, 0.1) is 0 Å². The highest BCUT2D eigenvalue weighted by Crippen LogP contribution is 2.37. The zero-order chi connectivity index (χ0) is 15.7. The summed E-state index contributed by atoms with van der Waals surface area (Å²) in [6.45, 7) is 0.730. The molecule has 0 saturated carbocycles. The molecule has 0 aromatic heterocycles. The summed E-state index contributed by atoms with van der Waals surface area (Å²) in [4.78, 5) is 11.8. The minimum Gasteiger partial charge on any atom is -0.503 e. The minimum absolute atomic E-state index is 0.314. The number of carbonyl (C=O) groups excluding carboxylic acids is 1. The molecule has 0 aromatic carbocycles. The molecular formula is C14H23O6P. The Kier molecular flexibility index (Phi) is 8.35. The molecule has 7 heteroatoms. The standard InChI is InChI=1S/C14H23O6P/c1-17-7-8-20-21(16)10-11-5-4-6-12(11)13(9-18-2)14(15)19-3/h9,21H,4-8,10H2,1-3H3. The second-order valence-corrected chi connectivity index (χ2v) is 5.97. The van der Waals surface area contributed by atoms with Gasteiger partial charge in [-0.1, -0.05) is 5.57 Å². The number of carbonyl (C=O) groups is 1. The smallest absolute Gasteiger partial charge is 0.341 e. The molecule has 0 aromatic rings. The van der Waals surface area contributed by atoms with Gasteiger partial charge in [0, 0.05) is 13.3 Å². The van der Waals surface area contributed by atoms with Crippen LogP contribution in [0.1, 0.15) is 19.3 Å². The van der Waals surface area contributed by atoms with Crippen LogP contribution >= 0.6 is 8.03 Å². The summed E-state index contributed by atoms with van der Waals surface area (Å²) < 4.78 is 31.8. The molecule has 0 spiro atoms. The van der Waals surface area contributed by atoms with Crippen LogP contribution < -0.4 is 0 Å². The van der Waals surface area contributed by atoms with Crippen molar-refractivity contribution in [1.29, 1.82) is 0 Å². The molecule has 0 aliphatic heterocycles. The van der Waals surface area contributed by atoms with Crippen molar-refractivity contribution in [3.05, 3.63) is 23.0 Å². The van der Waals surface area contributed by atoms with Crippen LogP contribution in [0.2, 0.25) is 0 Å². The molecule has 1 unspecified atom stereocenters. The van der Waals surface area contributed by atoms with Crippen molar-refractivity contribution in [2.24, 2.45) is 0 Å². The lowest BCUT2D eigenvalue weighted by atomic mass is 10.0. The predicted octanol–water partition coefficient (Wildman–Crippen LogP) is 2.31. The maximum Gasteiger partial charge on any atom is 0.341 e. The van der Waals surface area contributed by atoms with Crippen molar-refractivity contribution < 1.29 is 28.1 Å². The van der Waals surface area contributed by atoms with Crippen LogP contribution in [0.25, 0.3) is 0 Å². The third-order valence-electron chi connectivity index (χ3n) is 3.21. The van der Waals surface area contributed by atoms with E-state index in [9.17, 15) is 9.36 Å². The number of hydrogen-bond acceptors (Lipinski definition) is 6. The van der Waals surface area contributed by atoms with Crippen molar-refractivity contribution in [1.82, 2.24) is 0 Å². The van der Waals surface area contributed by atoms with Gasteiger partial charge in [0.15, 0.2) is 8.03 Å². The Balaban J connectivity index is 2.79. The zero-order valence-corrected chi connectivity index (χ0v) is 13.8. The van der Waals surface area contributed by atoms with Crippen molar-refractivity contribution in [3.63, 3.8) is 0 Å². The average Bonchev–Trinajstić information content (AvgIpc) is 2.92. The van der Waals surface area contributed by atoms with Crippen LogP contribution in [0.5, 0.6) is 0 Å². The molecule has 0 saturated heterocycles. The molecule has 0 heterocycles. The quantitative estimate of drug-likeness (QED) is 0.214. The molecule has 0 fully saturated rings. The predicted molar refractivity (Wildman–Crippen MR) is 79.7 cm³/mol. The fourth-order valence-corrected chi connectivity index (χ4v) is 3.41. The first kappa shape index (κ1) is 18.0. The van der Waals surface area contributed by atoms with Crippen molar-refractivity contribution in [3.8, 4) is 0 Å². The number of hydrogen-bond donors (Lipinski definition) is 0. The lowest BCUT2D eigenvalue weighted by Gasteiger charge is -2.10. The van der Waals surface area contributed by atoms with Crippen LogP contribution in [-0.2, 0) is 28.1 Å². The molecule has 0 amide bonds. The first-order chi connectivity index (χ1) is 10.1. The second kappa shape index (κ2) is 9.77. The van der Waals surface area contributed by atoms with E-state index in [-0.39, 0.29) is 0 Å². The van der Waals surface area contributed by atoms with E-state index in [0.717, 1.165) is 30.4 Å². The third-order valence-corrected chi connectivity index (χ3v) is 4.45. The van der Waals surface area contributed by atoms with E-state index in [1.807, 2.05) is 0 Å². The molecular weight excluding hydrogens is 295 g/mol. The van der Waals surface area contributed by atoms with Crippen LogP contribution in [0.15, 0.2) is 23.0 Å². The Morgan fingerprint density at radius 3 is 2.62 bits per heavy atom. The van der Waals surface area contributed by atoms with E-state index >= 15 is 0 Å². The number of esters is 1. The topological polar surface area (TPSA) is 71.1 Å². The van der Waals surface area contributed by atoms with Gasteiger partial charge in [-0.2, -0.15) is 0 Å². The van der Waals surface area contributed by atoms with Crippen LogP contribution in [-0.4, -0.2) is 46.7 Å². The van der Waals surface area contributed by atoms with Gasteiger partial charge >= 0.3 is 5.97 Å². The SMILES string of the molecule is COC=C(C(=O)OC)C1=C(C[PH](=O)OCCOC)CCC1. The number of ether oxygens (including phenoxy) is 3. The average molecular weight is 318 g/mol. The van der Waals surface area contributed by atoms with Gasteiger partial charge in [0.2, 0.25) is 0 Å². The van der Waals surface area contributed by atoms with E-state index in [2.05, 4.69) is 0 Å². The summed E-state index contributed by atoms with van der Waals surface area (Å²) in [7, 11) is 2.21. The summed E-state index contributed by atoms with van der Waals surface area (Å²) in [5.74, 6) is -0.439. The van der Waals surface area contributed by atoms with E-state index in [0.29, 0.717) is 24.9 Å². The number of rotatable bonds is 9. The monoisotopic (exact) mass is 318 g/mol. The van der Waals surface area contributed by atoms with Gasteiger partial charge in [-0.25, -0.2) is 4.79 Å². The van der Waals surface area contributed by atoms with Gasteiger partial charge in [-0.05, 0) is 24.8 Å². The largest absolute Gasteiger partial charge is 0.503 e. The maximum absolute atomic E-state index is 11.9. The molecule has 1 aliphatic carbocycles. The molecule has 1 atom stereocenters. The Bertz CT molecular complexity index is 441. The molecule has 21 heavy (non-hydrogen) atoms. The normalized spacial score (nSPS) is 17.0. The molecule has 6 nitrogen and oxygen atoms in total. The fraction of sp³-hybridized carbons (Fsp3) is 0.643. The number of allylic oxidation sites excluding steroid dienone is 1. The van der Waals surface area contributed by atoms with E-state index < -0.39 is 14.0 Å². The highest BCUT2D eigenvalue weighted by molar-refractivity contribution is 7.39. The van der Waals surface area contributed by atoms with Crippen molar-refractivity contribution in [2.45, 2.75) is 19.3 Å². The number of methoxy groups -OCH3 is 3. The van der Waals surface area contributed by atoms with E-state index in [4.69, 9.17) is 18.7 Å².